The van der Waals surface area contributed by atoms with Crippen molar-refractivity contribution in [1.82, 2.24) is 5.32 Å². The van der Waals surface area contributed by atoms with E-state index in [1.165, 1.54) is 13.2 Å². The fraction of sp³-hybridized carbons (Fsp3) is 0.300. The maximum absolute atomic E-state index is 12.3. The number of methoxy groups -OCH3 is 1. The van der Waals surface area contributed by atoms with Gasteiger partial charge in [0.05, 0.1) is 13.2 Å². The molecule has 6 heteroatoms. The SMILES string of the molecule is COc1cc(/C=C/C(=O)N[C@H](c2cccs2)C(C)C)ccc1OCC#N. The number of hydrogen-bond acceptors (Lipinski definition) is 5. The van der Waals surface area contributed by atoms with E-state index in [4.69, 9.17) is 14.7 Å². The van der Waals surface area contributed by atoms with Crippen molar-refractivity contribution in [2.45, 2.75) is 19.9 Å². The number of carbonyl (C=O) groups excluding carboxylic acids is 1. The van der Waals surface area contributed by atoms with Gasteiger partial charge in [0.25, 0.3) is 0 Å². The zero-order valence-electron chi connectivity index (χ0n) is 15.1. The second kappa shape index (κ2) is 9.64. The van der Waals surface area contributed by atoms with Gasteiger partial charge in [-0.3, -0.25) is 4.79 Å². The third-order valence-electron chi connectivity index (χ3n) is 3.72. The van der Waals surface area contributed by atoms with Gasteiger partial charge in [0, 0.05) is 11.0 Å². The van der Waals surface area contributed by atoms with Crippen LogP contribution in [0.1, 0.15) is 30.3 Å². The Labute approximate surface area is 157 Å². The second-order valence-electron chi connectivity index (χ2n) is 5.94. The lowest BCUT2D eigenvalue weighted by Gasteiger charge is -2.20. The fourth-order valence-corrected chi connectivity index (χ4v) is 3.37. The number of ether oxygens (including phenoxy) is 2. The highest BCUT2D eigenvalue weighted by Crippen LogP contribution is 2.29. The van der Waals surface area contributed by atoms with E-state index in [1.54, 1.807) is 35.6 Å². The highest BCUT2D eigenvalue weighted by Gasteiger charge is 2.18. The number of amides is 1. The Hall–Kier alpha value is -2.78. The molecule has 2 aromatic rings. The lowest BCUT2D eigenvalue weighted by Crippen LogP contribution is -2.29. The van der Waals surface area contributed by atoms with E-state index in [0.29, 0.717) is 17.4 Å². The summed E-state index contributed by atoms with van der Waals surface area (Å²) in [5, 5.41) is 13.7. The predicted molar refractivity (Wildman–Crippen MR) is 103 cm³/mol. The van der Waals surface area contributed by atoms with E-state index in [9.17, 15) is 4.79 Å². The Morgan fingerprint density at radius 1 is 1.35 bits per heavy atom. The monoisotopic (exact) mass is 370 g/mol. The molecule has 0 fully saturated rings. The van der Waals surface area contributed by atoms with Crippen LogP contribution in [-0.2, 0) is 4.79 Å². The van der Waals surface area contributed by atoms with Gasteiger partial charge in [0.1, 0.15) is 6.07 Å². The minimum absolute atomic E-state index is 0.0107. The Bertz CT molecular complexity index is 792. The first-order valence-corrected chi connectivity index (χ1v) is 9.13. The molecule has 136 valence electrons. The van der Waals surface area contributed by atoms with Gasteiger partial charge in [0.15, 0.2) is 18.1 Å². The zero-order valence-corrected chi connectivity index (χ0v) is 15.9. The van der Waals surface area contributed by atoms with Crippen molar-refractivity contribution in [1.29, 1.82) is 5.26 Å². The van der Waals surface area contributed by atoms with E-state index >= 15 is 0 Å². The summed E-state index contributed by atoms with van der Waals surface area (Å²) in [6.45, 7) is 4.12. The fourth-order valence-electron chi connectivity index (χ4n) is 2.42. The predicted octanol–water partition coefficient (Wildman–Crippen LogP) is 4.19. The molecule has 1 N–H and O–H groups in total. The summed E-state index contributed by atoms with van der Waals surface area (Å²) in [7, 11) is 1.53. The van der Waals surface area contributed by atoms with Crippen LogP contribution in [0.4, 0.5) is 0 Å². The highest BCUT2D eigenvalue weighted by molar-refractivity contribution is 7.10. The first-order chi connectivity index (χ1) is 12.5. The molecule has 0 saturated heterocycles. The maximum atomic E-state index is 12.3. The van der Waals surface area contributed by atoms with Crippen molar-refractivity contribution in [2.24, 2.45) is 5.92 Å². The first kappa shape index (κ1) is 19.5. The van der Waals surface area contributed by atoms with E-state index in [2.05, 4.69) is 19.2 Å². The number of carbonyl (C=O) groups is 1. The third kappa shape index (κ3) is 5.36. The van der Waals surface area contributed by atoms with Crippen LogP contribution in [0, 0.1) is 17.2 Å². The van der Waals surface area contributed by atoms with Gasteiger partial charge in [-0.05, 0) is 41.1 Å². The number of nitrogens with zero attached hydrogens (tertiary/aromatic N) is 1. The van der Waals surface area contributed by atoms with Gasteiger partial charge < -0.3 is 14.8 Å². The van der Waals surface area contributed by atoms with Crippen molar-refractivity contribution in [3.63, 3.8) is 0 Å². The van der Waals surface area contributed by atoms with Crippen LogP contribution >= 0.6 is 11.3 Å². The molecule has 0 aliphatic carbocycles. The summed E-state index contributed by atoms with van der Waals surface area (Å²) < 4.78 is 10.6. The summed E-state index contributed by atoms with van der Waals surface area (Å²) in [6, 6.07) is 11.2. The summed E-state index contributed by atoms with van der Waals surface area (Å²) in [5.41, 5.74) is 0.804. The standard InChI is InChI=1S/C20H22N2O3S/c1-14(2)20(18-5-4-12-26-18)22-19(23)9-7-15-6-8-16(25-11-10-21)17(13-15)24-3/h4-9,12-14,20H,11H2,1-3H3,(H,22,23)/b9-7+/t20-/m0/s1. The molecule has 2 rings (SSSR count). The van der Waals surface area contributed by atoms with Gasteiger partial charge in [-0.25, -0.2) is 0 Å². The van der Waals surface area contributed by atoms with Crippen LogP contribution in [-0.4, -0.2) is 19.6 Å². The summed E-state index contributed by atoms with van der Waals surface area (Å²) >= 11 is 1.64. The molecule has 26 heavy (non-hydrogen) atoms. The lowest BCUT2D eigenvalue weighted by molar-refractivity contribution is -0.117. The van der Waals surface area contributed by atoms with Crippen molar-refractivity contribution in [3.8, 4) is 17.6 Å². The number of hydrogen-bond donors (Lipinski definition) is 1. The molecule has 1 heterocycles. The third-order valence-corrected chi connectivity index (χ3v) is 4.68. The van der Waals surface area contributed by atoms with E-state index in [1.807, 2.05) is 23.6 Å². The average Bonchev–Trinajstić information content (AvgIpc) is 3.17. The minimum Gasteiger partial charge on any atom is -0.493 e. The normalized spacial score (nSPS) is 12.0. The second-order valence-corrected chi connectivity index (χ2v) is 6.92. The molecule has 5 nitrogen and oxygen atoms in total. The Kier molecular flexibility index (Phi) is 7.24. The first-order valence-electron chi connectivity index (χ1n) is 8.25. The van der Waals surface area contributed by atoms with Gasteiger partial charge in [-0.2, -0.15) is 5.26 Å². The van der Waals surface area contributed by atoms with Crippen molar-refractivity contribution in [2.75, 3.05) is 13.7 Å². The Balaban J connectivity index is 2.06. The van der Waals surface area contributed by atoms with Crippen LogP contribution in [0.25, 0.3) is 6.08 Å². The number of nitrogens with one attached hydrogen (secondary N) is 1. The molecular weight excluding hydrogens is 348 g/mol. The number of rotatable bonds is 8. The summed E-state index contributed by atoms with van der Waals surface area (Å²) in [4.78, 5) is 13.4. The molecule has 0 unspecified atom stereocenters. The molecule has 1 aromatic carbocycles. The molecule has 0 aliphatic heterocycles. The van der Waals surface area contributed by atoms with Crippen LogP contribution < -0.4 is 14.8 Å². The maximum Gasteiger partial charge on any atom is 0.244 e. The zero-order chi connectivity index (χ0) is 18.9. The average molecular weight is 370 g/mol. The molecule has 0 saturated carbocycles. The van der Waals surface area contributed by atoms with E-state index < -0.39 is 0 Å². The quantitative estimate of drug-likeness (QED) is 0.708. The smallest absolute Gasteiger partial charge is 0.244 e. The van der Waals surface area contributed by atoms with E-state index in [0.717, 1.165) is 10.4 Å². The van der Waals surface area contributed by atoms with Crippen LogP contribution in [0.15, 0.2) is 41.8 Å². The molecule has 1 amide bonds. The molecule has 0 aliphatic rings. The molecular formula is C20H22N2O3S. The van der Waals surface area contributed by atoms with Crippen molar-refractivity contribution in [3.05, 3.63) is 52.2 Å². The molecule has 0 bridgehead atoms. The number of benzene rings is 1. The summed E-state index contributed by atoms with van der Waals surface area (Å²) in [5.74, 6) is 1.15. The molecule has 1 aromatic heterocycles. The van der Waals surface area contributed by atoms with E-state index in [-0.39, 0.29) is 18.6 Å². The van der Waals surface area contributed by atoms with Crippen molar-refractivity contribution < 1.29 is 14.3 Å². The Morgan fingerprint density at radius 2 is 2.15 bits per heavy atom. The molecule has 0 spiro atoms. The van der Waals surface area contributed by atoms with Crippen LogP contribution in [0.2, 0.25) is 0 Å². The van der Waals surface area contributed by atoms with Gasteiger partial charge >= 0.3 is 0 Å². The van der Waals surface area contributed by atoms with Gasteiger partial charge in [-0.15, -0.1) is 11.3 Å². The largest absolute Gasteiger partial charge is 0.493 e. The molecule has 1 atom stereocenters. The summed E-state index contributed by atoms with van der Waals surface area (Å²) in [6.07, 6.45) is 3.23. The lowest BCUT2D eigenvalue weighted by atomic mass is 10.0. The molecule has 0 radical (unpaired) electrons. The van der Waals surface area contributed by atoms with Gasteiger partial charge in [-0.1, -0.05) is 26.0 Å². The van der Waals surface area contributed by atoms with Gasteiger partial charge in [0.2, 0.25) is 5.91 Å². The van der Waals surface area contributed by atoms with Crippen LogP contribution in [0.3, 0.4) is 0 Å². The number of thiophene rings is 1. The number of nitriles is 1. The topological polar surface area (TPSA) is 71.3 Å². The Morgan fingerprint density at radius 3 is 2.77 bits per heavy atom. The highest BCUT2D eigenvalue weighted by atomic mass is 32.1. The van der Waals surface area contributed by atoms with Crippen LogP contribution in [0.5, 0.6) is 11.5 Å². The minimum atomic E-state index is -0.152. The van der Waals surface area contributed by atoms with Crippen molar-refractivity contribution >= 4 is 23.3 Å².